The van der Waals surface area contributed by atoms with Crippen LogP contribution in [0.5, 0.6) is 0 Å². The molecule has 29 heavy (non-hydrogen) atoms. The molecule has 138 valence electrons. The van der Waals surface area contributed by atoms with Crippen LogP contribution in [0, 0.1) is 0 Å². The summed E-state index contributed by atoms with van der Waals surface area (Å²) in [7, 11) is 5.89. The van der Waals surface area contributed by atoms with E-state index < -0.39 is 0 Å². The molecule has 5 rings (SSSR count). The number of H-pyrrole nitrogens is 2. The third-order valence-electron chi connectivity index (χ3n) is 4.92. The van der Waals surface area contributed by atoms with Crippen LogP contribution in [0.15, 0.2) is 81.9 Å². The number of aromatic nitrogens is 3. The lowest BCUT2D eigenvalue weighted by molar-refractivity contribution is 1.31. The van der Waals surface area contributed by atoms with Crippen molar-refractivity contribution in [2.45, 2.75) is 0 Å². The standard InChI is InChI=1S/C23H14BBr2N3/c24-15-5-1-13(2-6-15)21-22(14-3-7-16(25)8-4-14)29-23(28-21)19-12-27-20-10-9-17(26)11-18(19)20/h1-12,27H,(H,28,29). The van der Waals surface area contributed by atoms with E-state index in [-0.39, 0.29) is 0 Å². The summed E-state index contributed by atoms with van der Waals surface area (Å²) in [6, 6.07) is 22.2. The smallest absolute Gasteiger partial charge is 0.140 e. The maximum absolute atomic E-state index is 5.89. The highest BCUT2D eigenvalue weighted by atomic mass is 79.9. The van der Waals surface area contributed by atoms with Gasteiger partial charge in [0.15, 0.2) is 0 Å². The molecule has 0 bridgehead atoms. The highest BCUT2D eigenvalue weighted by Gasteiger charge is 2.17. The van der Waals surface area contributed by atoms with E-state index in [2.05, 4.69) is 66.1 Å². The predicted octanol–water partition coefficient (Wildman–Crippen LogP) is 6.21. The molecule has 0 amide bonds. The Bertz CT molecular complexity index is 1260. The topological polar surface area (TPSA) is 44.5 Å². The van der Waals surface area contributed by atoms with Crippen LogP contribution in [0.2, 0.25) is 0 Å². The summed E-state index contributed by atoms with van der Waals surface area (Å²) in [5.41, 5.74) is 6.79. The number of imidazole rings is 1. The largest absolute Gasteiger partial charge is 0.360 e. The van der Waals surface area contributed by atoms with Crippen molar-refractivity contribution in [3.63, 3.8) is 0 Å². The van der Waals surface area contributed by atoms with E-state index >= 15 is 0 Å². The zero-order chi connectivity index (χ0) is 20.0. The number of benzene rings is 3. The van der Waals surface area contributed by atoms with Crippen molar-refractivity contribution in [1.82, 2.24) is 15.0 Å². The fourth-order valence-electron chi connectivity index (χ4n) is 3.46. The molecule has 2 heterocycles. The normalized spacial score (nSPS) is 11.2. The summed E-state index contributed by atoms with van der Waals surface area (Å²) in [4.78, 5) is 11.9. The van der Waals surface area contributed by atoms with Crippen molar-refractivity contribution in [3.8, 4) is 33.9 Å². The molecule has 0 atom stereocenters. The van der Waals surface area contributed by atoms with Gasteiger partial charge in [0, 0.05) is 42.7 Å². The van der Waals surface area contributed by atoms with E-state index in [4.69, 9.17) is 12.8 Å². The van der Waals surface area contributed by atoms with E-state index in [1.807, 2.05) is 48.7 Å². The zero-order valence-corrected chi connectivity index (χ0v) is 18.4. The molecule has 0 aliphatic rings. The molecular formula is C23H14BBr2N3. The monoisotopic (exact) mass is 501 g/mol. The van der Waals surface area contributed by atoms with E-state index in [1.165, 1.54) is 0 Å². The maximum Gasteiger partial charge on any atom is 0.140 e. The van der Waals surface area contributed by atoms with Crippen molar-refractivity contribution < 1.29 is 0 Å². The molecule has 2 aromatic heterocycles. The second-order valence-corrected chi connectivity index (χ2v) is 8.66. The molecular weight excluding hydrogens is 489 g/mol. The van der Waals surface area contributed by atoms with Gasteiger partial charge in [-0.05, 0) is 30.3 Å². The van der Waals surface area contributed by atoms with Crippen LogP contribution < -0.4 is 5.46 Å². The van der Waals surface area contributed by atoms with Gasteiger partial charge in [-0.1, -0.05) is 73.7 Å². The molecule has 0 unspecified atom stereocenters. The number of nitrogens with zero attached hydrogens (tertiary/aromatic N) is 1. The first-order chi connectivity index (χ1) is 14.1. The van der Waals surface area contributed by atoms with Gasteiger partial charge in [0.1, 0.15) is 13.7 Å². The Balaban J connectivity index is 1.73. The molecule has 2 radical (unpaired) electrons. The number of fused-ring (bicyclic) bond motifs is 1. The van der Waals surface area contributed by atoms with Crippen molar-refractivity contribution in [2.75, 3.05) is 0 Å². The number of hydrogen-bond donors (Lipinski definition) is 2. The van der Waals surface area contributed by atoms with Gasteiger partial charge in [-0.2, -0.15) is 0 Å². The summed E-state index contributed by atoms with van der Waals surface area (Å²) in [5.74, 6) is 0.819. The highest BCUT2D eigenvalue weighted by Crippen LogP contribution is 2.36. The zero-order valence-electron chi connectivity index (χ0n) is 15.2. The van der Waals surface area contributed by atoms with Crippen LogP contribution in [-0.4, -0.2) is 22.8 Å². The Kier molecular flexibility index (Phi) is 4.68. The van der Waals surface area contributed by atoms with Crippen LogP contribution in [-0.2, 0) is 0 Å². The minimum absolute atomic E-state index is 0.736. The van der Waals surface area contributed by atoms with Gasteiger partial charge in [0.05, 0.1) is 11.4 Å². The molecule has 0 fully saturated rings. The second-order valence-electron chi connectivity index (χ2n) is 6.83. The van der Waals surface area contributed by atoms with Gasteiger partial charge in [-0.25, -0.2) is 4.98 Å². The van der Waals surface area contributed by atoms with Crippen molar-refractivity contribution in [2.24, 2.45) is 0 Å². The summed E-state index contributed by atoms with van der Waals surface area (Å²) >= 11 is 7.08. The SMILES string of the molecule is [B]c1ccc(-c2[nH]c(-c3c[nH]c4ccc(Br)cc34)nc2-c2ccc(Br)cc2)cc1. The minimum Gasteiger partial charge on any atom is -0.360 e. The summed E-state index contributed by atoms with van der Waals surface area (Å²) < 4.78 is 2.07. The predicted molar refractivity (Wildman–Crippen MR) is 128 cm³/mol. The van der Waals surface area contributed by atoms with Gasteiger partial charge in [0.2, 0.25) is 0 Å². The van der Waals surface area contributed by atoms with Crippen molar-refractivity contribution >= 4 is 56.1 Å². The number of aromatic amines is 2. The number of hydrogen-bond acceptors (Lipinski definition) is 1. The first-order valence-corrected chi connectivity index (χ1v) is 10.7. The van der Waals surface area contributed by atoms with Crippen molar-refractivity contribution in [1.29, 1.82) is 0 Å². The third-order valence-corrected chi connectivity index (χ3v) is 5.94. The summed E-state index contributed by atoms with van der Waals surface area (Å²) in [6.45, 7) is 0. The molecule has 6 heteroatoms. The fraction of sp³-hybridized carbons (Fsp3) is 0. The molecule has 3 nitrogen and oxygen atoms in total. The number of halogens is 2. The first-order valence-electron chi connectivity index (χ1n) is 9.07. The fourth-order valence-corrected chi connectivity index (χ4v) is 4.09. The molecule has 5 aromatic rings. The number of nitrogens with one attached hydrogen (secondary N) is 2. The molecule has 0 saturated carbocycles. The van der Waals surface area contributed by atoms with E-state index in [1.54, 1.807) is 0 Å². The van der Waals surface area contributed by atoms with E-state index in [0.29, 0.717) is 0 Å². The van der Waals surface area contributed by atoms with Crippen LogP contribution >= 0.6 is 31.9 Å². The quantitative estimate of drug-likeness (QED) is 0.283. The van der Waals surface area contributed by atoms with Gasteiger partial charge >= 0.3 is 0 Å². The van der Waals surface area contributed by atoms with Gasteiger partial charge in [0.25, 0.3) is 0 Å². The second kappa shape index (κ2) is 7.36. The molecule has 0 aliphatic heterocycles. The Hall–Kier alpha value is -2.57. The Morgan fingerprint density at radius 3 is 2.24 bits per heavy atom. The van der Waals surface area contributed by atoms with Crippen LogP contribution in [0.1, 0.15) is 0 Å². The van der Waals surface area contributed by atoms with Crippen LogP contribution in [0.4, 0.5) is 0 Å². The van der Waals surface area contributed by atoms with E-state index in [9.17, 15) is 0 Å². The van der Waals surface area contributed by atoms with Gasteiger partial charge < -0.3 is 9.97 Å². The maximum atomic E-state index is 5.89. The first kappa shape index (κ1) is 18.5. The summed E-state index contributed by atoms with van der Waals surface area (Å²) in [6.07, 6.45) is 1.99. The van der Waals surface area contributed by atoms with Gasteiger partial charge in [-0.15, -0.1) is 0 Å². The molecule has 0 spiro atoms. The Morgan fingerprint density at radius 1 is 0.793 bits per heavy atom. The third kappa shape index (κ3) is 3.47. The molecule has 0 aliphatic carbocycles. The molecule has 3 aromatic carbocycles. The lowest BCUT2D eigenvalue weighted by Crippen LogP contribution is -1.99. The van der Waals surface area contributed by atoms with E-state index in [0.717, 1.165) is 59.2 Å². The number of rotatable bonds is 3. The van der Waals surface area contributed by atoms with Crippen molar-refractivity contribution in [3.05, 3.63) is 81.9 Å². The Labute approximate surface area is 186 Å². The average molecular weight is 503 g/mol. The highest BCUT2D eigenvalue weighted by molar-refractivity contribution is 9.10. The van der Waals surface area contributed by atoms with Gasteiger partial charge in [-0.3, -0.25) is 0 Å². The lowest BCUT2D eigenvalue weighted by atomic mass is 9.94. The molecule has 2 N–H and O–H groups in total. The minimum atomic E-state index is 0.736. The average Bonchev–Trinajstić information content (AvgIpc) is 3.33. The summed E-state index contributed by atoms with van der Waals surface area (Å²) in [5, 5.41) is 1.11. The Morgan fingerprint density at radius 2 is 1.48 bits per heavy atom. The van der Waals surface area contributed by atoms with Crippen LogP contribution in [0.25, 0.3) is 44.8 Å². The molecule has 0 saturated heterocycles. The lowest BCUT2D eigenvalue weighted by Gasteiger charge is -2.04. The van der Waals surface area contributed by atoms with Crippen LogP contribution in [0.3, 0.4) is 0 Å².